The third kappa shape index (κ3) is 5.84. The fourth-order valence-electron chi connectivity index (χ4n) is 3.57. The number of hydrogen-bond acceptors (Lipinski definition) is 3. The van der Waals surface area contributed by atoms with Crippen molar-refractivity contribution in [2.24, 2.45) is 5.92 Å². The predicted octanol–water partition coefficient (Wildman–Crippen LogP) is 3.78. The fourth-order valence-corrected chi connectivity index (χ4v) is 3.57. The molecule has 1 aliphatic heterocycles. The SMILES string of the molecule is CC1CCCN(C(=O)C(Cc2ccccc2)NC(=O)OCc2ccccc2)C1. The second-order valence-electron chi connectivity index (χ2n) is 7.48. The van der Waals surface area contributed by atoms with Crippen molar-refractivity contribution in [2.45, 2.75) is 38.8 Å². The largest absolute Gasteiger partial charge is 0.445 e. The first-order valence-electron chi connectivity index (χ1n) is 9.92. The number of piperidine rings is 1. The number of benzene rings is 2. The summed E-state index contributed by atoms with van der Waals surface area (Å²) in [6.07, 6.45) is 2.02. The van der Waals surface area contributed by atoms with Crippen LogP contribution in [0.2, 0.25) is 0 Å². The van der Waals surface area contributed by atoms with E-state index in [1.54, 1.807) is 0 Å². The zero-order valence-corrected chi connectivity index (χ0v) is 16.3. The molecule has 148 valence electrons. The van der Waals surface area contributed by atoms with Gasteiger partial charge in [0, 0.05) is 19.5 Å². The number of hydrogen-bond donors (Lipinski definition) is 1. The van der Waals surface area contributed by atoms with E-state index in [9.17, 15) is 9.59 Å². The van der Waals surface area contributed by atoms with Gasteiger partial charge in [0.05, 0.1) is 0 Å². The van der Waals surface area contributed by atoms with Crippen molar-refractivity contribution < 1.29 is 14.3 Å². The van der Waals surface area contributed by atoms with Crippen LogP contribution in [0.3, 0.4) is 0 Å². The third-order valence-corrected chi connectivity index (χ3v) is 5.05. The molecule has 5 nitrogen and oxygen atoms in total. The van der Waals surface area contributed by atoms with Gasteiger partial charge >= 0.3 is 6.09 Å². The lowest BCUT2D eigenvalue weighted by atomic mass is 9.98. The van der Waals surface area contributed by atoms with Crippen molar-refractivity contribution in [1.82, 2.24) is 10.2 Å². The lowest BCUT2D eigenvalue weighted by molar-refractivity contribution is -0.135. The van der Waals surface area contributed by atoms with Crippen molar-refractivity contribution in [1.29, 1.82) is 0 Å². The Hall–Kier alpha value is -2.82. The lowest BCUT2D eigenvalue weighted by Crippen LogP contribution is -2.52. The monoisotopic (exact) mass is 380 g/mol. The molecule has 2 atom stereocenters. The molecule has 2 amide bonds. The average molecular weight is 380 g/mol. The number of rotatable bonds is 6. The first-order chi connectivity index (χ1) is 13.6. The van der Waals surface area contributed by atoms with Gasteiger partial charge in [-0.1, -0.05) is 67.6 Å². The Morgan fingerprint density at radius 2 is 1.71 bits per heavy atom. The summed E-state index contributed by atoms with van der Waals surface area (Å²) in [4.78, 5) is 27.4. The molecular weight excluding hydrogens is 352 g/mol. The van der Waals surface area contributed by atoms with Crippen molar-refractivity contribution in [3.05, 3.63) is 71.8 Å². The average Bonchev–Trinajstić information content (AvgIpc) is 2.73. The Balaban J connectivity index is 1.64. The van der Waals surface area contributed by atoms with Gasteiger partial charge in [-0.15, -0.1) is 0 Å². The van der Waals surface area contributed by atoms with Crippen LogP contribution in [0.4, 0.5) is 4.79 Å². The van der Waals surface area contributed by atoms with E-state index < -0.39 is 12.1 Å². The van der Waals surface area contributed by atoms with E-state index in [-0.39, 0.29) is 12.5 Å². The number of carbonyl (C=O) groups is 2. The summed E-state index contributed by atoms with van der Waals surface area (Å²) in [5, 5.41) is 2.80. The second-order valence-corrected chi connectivity index (χ2v) is 7.48. The molecule has 5 heteroatoms. The number of likely N-dealkylation sites (tertiary alicyclic amines) is 1. The fraction of sp³-hybridized carbons (Fsp3) is 0.391. The van der Waals surface area contributed by atoms with E-state index in [1.165, 1.54) is 0 Å². The molecule has 1 heterocycles. The Morgan fingerprint density at radius 1 is 1.07 bits per heavy atom. The van der Waals surface area contributed by atoms with Crippen LogP contribution in [-0.2, 0) is 22.6 Å². The Bertz CT molecular complexity index is 764. The number of alkyl carbamates (subject to hydrolysis) is 1. The quantitative estimate of drug-likeness (QED) is 0.830. The standard InChI is InChI=1S/C23H28N2O3/c1-18-9-8-14-25(16-18)22(26)21(15-19-10-4-2-5-11-19)24-23(27)28-17-20-12-6-3-7-13-20/h2-7,10-13,18,21H,8-9,14-17H2,1H3,(H,24,27). The Kier molecular flexibility index (Phi) is 7.06. The minimum absolute atomic E-state index is 0.0351. The number of nitrogens with zero attached hydrogens (tertiary/aromatic N) is 1. The normalized spacial score (nSPS) is 17.6. The van der Waals surface area contributed by atoms with Crippen LogP contribution in [0, 0.1) is 5.92 Å². The molecule has 0 saturated carbocycles. The van der Waals surface area contributed by atoms with Gasteiger partial charge in [-0.2, -0.15) is 0 Å². The van der Waals surface area contributed by atoms with Crippen LogP contribution in [0.5, 0.6) is 0 Å². The molecule has 1 N–H and O–H groups in total. The molecule has 0 aromatic heterocycles. The molecular formula is C23H28N2O3. The minimum Gasteiger partial charge on any atom is -0.445 e. The van der Waals surface area contributed by atoms with Gasteiger partial charge in [-0.05, 0) is 29.9 Å². The maximum absolute atomic E-state index is 13.1. The van der Waals surface area contributed by atoms with E-state index in [4.69, 9.17) is 4.74 Å². The van der Waals surface area contributed by atoms with E-state index >= 15 is 0 Å². The highest BCUT2D eigenvalue weighted by Crippen LogP contribution is 2.17. The second kappa shape index (κ2) is 9.93. The molecule has 2 aromatic carbocycles. The third-order valence-electron chi connectivity index (χ3n) is 5.05. The molecule has 0 spiro atoms. The van der Waals surface area contributed by atoms with Crippen molar-refractivity contribution >= 4 is 12.0 Å². The molecule has 1 saturated heterocycles. The highest BCUT2D eigenvalue weighted by Gasteiger charge is 2.29. The van der Waals surface area contributed by atoms with Crippen molar-refractivity contribution in [3.8, 4) is 0 Å². The zero-order chi connectivity index (χ0) is 19.8. The molecule has 0 aliphatic carbocycles. The molecule has 0 bridgehead atoms. The minimum atomic E-state index is -0.629. The molecule has 2 unspecified atom stereocenters. The van der Waals surface area contributed by atoms with Crippen LogP contribution in [-0.4, -0.2) is 36.0 Å². The van der Waals surface area contributed by atoms with E-state index in [0.717, 1.165) is 37.1 Å². The molecule has 1 aliphatic rings. The molecule has 0 radical (unpaired) electrons. The molecule has 2 aromatic rings. The van der Waals surface area contributed by atoms with Crippen LogP contribution in [0.25, 0.3) is 0 Å². The van der Waals surface area contributed by atoms with Crippen LogP contribution < -0.4 is 5.32 Å². The Labute approximate surface area is 166 Å². The topological polar surface area (TPSA) is 58.6 Å². The van der Waals surface area contributed by atoms with Crippen LogP contribution in [0.1, 0.15) is 30.9 Å². The van der Waals surface area contributed by atoms with Gasteiger partial charge in [-0.25, -0.2) is 4.79 Å². The maximum atomic E-state index is 13.1. The van der Waals surface area contributed by atoms with E-state index in [0.29, 0.717) is 12.3 Å². The first kappa shape index (κ1) is 19.9. The highest BCUT2D eigenvalue weighted by atomic mass is 16.5. The number of amides is 2. The summed E-state index contributed by atoms with van der Waals surface area (Å²) < 4.78 is 5.33. The summed E-state index contributed by atoms with van der Waals surface area (Å²) in [5.74, 6) is 0.451. The van der Waals surface area contributed by atoms with Gasteiger partial charge in [-0.3, -0.25) is 4.79 Å². The van der Waals surface area contributed by atoms with Crippen LogP contribution >= 0.6 is 0 Å². The zero-order valence-electron chi connectivity index (χ0n) is 16.3. The summed E-state index contributed by atoms with van der Waals surface area (Å²) in [6, 6.07) is 18.6. The van der Waals surface area contributed by atoms with Gasteiger partial charge in [0.15, 0.2) is 0 Å². The molecule has 3 rings (SSSR count). The summed E-state index contributed by atoms with van der Waals surface area (Å²) >= 11 is 0. The first-order valence-corrected chi connectivity index (χ1v) is 9.92. The van der Waals surface area contributed by atoms with Gasteiger partial charge in [0.1, 0.15) is 12.6 Å². The van der Waals surface area contributed by atoms with E-state index in [2.05, 4.69) is 12.2 Å². The number of nitrogens with one attached hydrogen (secondary N) is 1. The maximum Gasteiger partial charge on any atom is 0.408 e. The number of ether oxygens (including phenoxy) is 1. The smallest absolute Gasteiger partial charge is 0.408 e. The van der Waals surface area contributed by atoms with Crippen molar-refractivity contribution in [3.63, 3.8) is 0 Å². The summed E-state index contributed by atoms with van der Waals surface area (Å²) in [5.41, 5.74) is 1.92. The Morgan fingerprint density at radius 3 is 2.36 bits per heavy atom. The summed E-state index contributed by atoms with van der Waals surface area (Å²) in [6.45, 7) is 3.83. The van der Waals surface area contributed by atoms with Gasteiger partial charge in [0.2, 0.25) is 5.91 Å². The lowest BCUT2D eigenvalue weighted by Gasteiger charge is -2.33. The molecule has 1 fully saturated rings. The predicted molar refractivity (Wildman–Crippen MR) is 109 cm³/mol. The number of carbonyl (C=O) groups excluding carboxylic acids is 2. The van der Waals surface area contributed by atoms with Crippen molar-refractivity contribution in [2.75, 3.05) is 13.1 Å². The van der Waals surface area contributed by atoms with Gasteiger partial charge in [0.25, 0.3) is 0 Å². The van der Waals surface area contributed by atoms with Gasteiger partial charge < -0.3 is 15.0 Å². The van der Waals surface area contributed by atoms with E-state index in [1.807, 2.05) is 65.6 Å². The highest BCUT2D eigenvalue weighted by molar-refractivity contribution is 5.86. The summed E-state index contributed by atoms with van der Waals surface area (Å²) in [7, 11) is 0. The van der Waals surface area contributed by atoms with Crippen LogP contribution in [0.15, 0.2) is 60.7 Å². The molecule has 28 heavy (non-hydrogen) atoms.